The number of nitrogens with one attached hydrogen (secondary N) is 1. The number of nitrogens with two attached hydrogens (primary N) is 1. The molecule has 4 nitrogen and oxygen atoms in total. The molecule has 0 aliphatic heterocycles. The summed E-state index contributed by atoms with van der Waals surface area (Å²) < 4.78 is 29.3. The summed E-state index contributed by atoms with van der Waals surface area (Å²) in [4.78, 5) is 11.9. The minimum absolute atomic E-state index is 0.219. The lowest BCUT2D eigenvalue weighted by atomic mass is 10.0. The third-order valence-corrected chi connectivity index (χ3v) is 3.02. The van der Waals surface area contributed by atoms with Crippen LogP contribution >= 0.6 is 0 Å². The number of hydrogen-bond acceptors (Lipinski definition) is 3. The van der Waals surface area contributed by atoms with Gasteiger partial charge in [-0.3, -0.25) is 4.79 Å². The molecule has 112 valence electrons. The number of carbonyl (C=O) groups is 1. The summed E-state index contributed by atoms with van der Waals surface area (Å²) in [7, 11) is 0. The summed E-state index contributed by atoms with van der Waals surface area (Å²) in [6, 6.07) is 4.65. The fourth-order valence-corrected chi connectivity index (χ4v) is 1.48. The summed E-state index contributed by atoms with van der Waals surface area (Å²) in [6.45, 7) is 4.55. The number of anilines is 1. The molecule has 0 bridgehead atoms. The molecule has 0 aliphatic carbocycles. The normalized spacial score (nSPS) is 13.9. The van der Waals surface area contributed by atoms with Gasteiger partial charge in [-0.05, 0) is 25.5 Å². The van der Waals surface area contributed by atoms with Crippen molar-refractivity contribution in [1.82, 2.24) is 0 Å². The highest BCUT2D eigenvalue weighted by atomic mass is 19.3. The maximum Gasteiger partial charge on any atom is 0.272 e. The molecule has 1 amide bonds. The molecule has 1 aromatic rings. The highest BCUT2D eigenvalue weighted by molar-refractivity contribution is 5.93. The average molecular weight is 286 g/mol. The molecule has 0 aromatic heterocycles. The summed E-state index contributed by atoms with van der Waals surface area (Å²) in [6.07, 6.45) is -2.54. The van der Waals surface area contributed by atoms with Crippen LogP contribution in [-0.2, 0) is 4.79 Å². The van der Waals surface area contributed by atoms with Crippen molar-refractivity contribution in [3.05, 3.63) is 23.8 Å². The first-order valence-corrected chi connectivity index (χ1v) is 6.39. The summed E-state index contributed by atoms with van der Waals surface area (Å²) in [5.41, 5.74) is 6.88. The summed E-state index contributed by atoms with van der Waals surface area (Å²) >= 11 is 0. The first-order chi connectivity index (χ1) is 9.31. The van der Waals surface area contributed by atoms with Gasteiger partial charge in [0.15, 0.2) is 0 Å². The molecule has 0 fully saturated rings. The van der Waals surface area contributed by atoms with Crippen LogP contribution in [0.15, 0.2) is 18.2 Å². The van der Waals surface area contributed by atoms with E-state index < -0.39 is 13.0 Å². The second-order valence-electron chi connectivity index (χ2n) is 4.82. The van der Waals surface area contributed by atoms with Gasteiger partial charge in [-0.25, -0.2) is 8.78 Å². The number of carbonyl (C=O) groups excluding carboxylic acids is 1. The molecule has 0 saturated carbocycles. The Morgan fingerprint density at radius 3 is 2.60 bits per heavy atom. The highest BCUT2D eigenvalue weighted by Crippen LogP contribution is 2.23. The smallest absolute Gasteiger partial charge is 0.272 e. The van der Waals surface area contributed by atoms with Crippen LogP contribution < -0.4 is 15.8 Å². The zero-order chi connectivity index (χ0) is 15.3. The van der Waals surface area contributed by atoms with Crippen molar-refractivity contribution in [2.45, 2.75) is 33.2 Å². The minimum Gasteiger partial charge on any atom is -0.487 e. The number of ether oxygens (including phenoxy) is 1. The molecule has 0 spiro atoms. The van der Waals surface area contributed by atoms with Crippen LogP contribution in [-0.4, -0.2) is 25.0 Å². The van der Waals surface area contributed by atoms with Crippen molar-refractivity contribution in [3.8, 4) is 5.75 Å². The van der Waals surface area contributed by atoms with Crippen LogP contribution in [0.1, 0.15) is 19.4 Å². The molecule has 0 saturated heterocycles. The van der Waals surface area contributed by atoms with Crippen LogP contribution in [0.5, 0.6) is 5.75 Å². The molecule has 1 rings (SSSR count). The maximum absolute atomic E-state index is 12.1. The Morgan fingerprint density at radius 1 is 1.40 bits per heavy atom. The molecular formula is C14H20F2N2O2. The van der Waals surface area contributed by atoms with Gasteiger partial charge in [-0.15, -0.1) is 0 Å². The minimum atomic E-state index is -2.54. The maximum atomic E-state index is 12.1. The molecular weight excluding hydrogens is 266 g/mol. The predicted molar refractivity (Wildman–Crippen MR) is 74.1 cm³/mol. The lowest BCUT2D eigenvalue weighted by molar-refractivity contribution is -0.119. The fourth-order valence-electron chi connectivity index (χ4n) is 1.48. The van der Waals surface area contributed by atoms with E-state index in [9.17, 15) is 13.6 Å². The van der Waals surface area contributed by atoms with E-state index in [4.69, 9.17) is 10.5 Å². The van der Waals surface area contributed by atoms with Gasteiger partial charge in [0.2, 0.25) is 5.91 Å². The Hall–Kier alpha value is -1.69. The number of rotatable bonds is 6. The molecule has 2 unspecified atom stereocenters. The first kappa shape index (κ1) is 16.4. The fraction of sp³-hybridized carbons (Fsp3) is 0.500. The Morgan fingerprint density at radius 2 is 2.05 bits per heavy atom. The molecule has 0 radical (unpaired) electrons. The molecule has 6 heteroatoms. The van der Waals surface area contributed by atoms with Crippen LogP contribution in [0, 0.1) is 12.8 Å². The van der Waals surface area contributed by atoms with E-state index >= 15 is 0 Å². The largest absolute Gasteiger partial charge is 0.487 e. The van der Waals surface area contributed by atoms with Gasteiger partial charge in [0.25, 0.3) is 6.43 Å². The van der Waals surface area contributed by atoms with Gasteiger partial charge in [-0.1, -0.05) is 13.0 Å². The number of aryl methyl sites for hydroxylation is 1. The lowest BCUT2D eigenvalue weighted by Gasteiger charge is -2.16. The Bertz CT molecular complexity index is 464. The van der Waals surface area contributed by atoms with Crippen LogP contribution in [0.2, 0.25) is 0 Å². The van der Waals surface area contributed by atoms with E-state index in [0.717, 1.165) is 5.56 Å². The van der Waals surface area contributed by atoms with E-state index in [0.29, 0.717) is 11.4 Å². The van der Waals surface area contributed by atoms with Crippen LogP contribution in [0.4, 0.5) is 14.5 Å². The van der Waals surface area contributed by atoms with Gasteiger partial charge in [0, 0.05) is 17.8 Å². The zero-order valence-electron chi connectivity index (χ0n) is 11.8. The number of halogens is 2. The van der Waals surface area contributed by atoms with Crippen molar-refractivity contribution in [1.29, 1.82) is 0 Å². The summed E-state index contributed by atoms with van der Waals surface area (Å²) in [5, 5.41) is 2.69. The van der Waals surface area contributed by atoms with Crippen molar-refractivity contribution in [3.63, 3.8) is 0 Å². The van der Waals surface area contributed by atoms with Gasteiger partial charge in [0.1, 0.15) is 12.4 Å². The highest BCUT2D eigenvalue weighted by Gasteiger charge is 2.17. The van der Waals surface area contributed by atoms with Crippen molar-refractivity contribution in [2.75, 3.05) is 11.9 Å². The molecule has 20 heavy (non-hydrogen) atoms. The Labute approximate surface area is 117 Å². The second kappa shape index (κ2) is 7.19. The van der Waals surface area contributed by atoms with Crippen molar-refractivity contribution < 1.29 is 18.3 Å². The molecule has 3 N–H and O–H groups in total. The number of amides is 1. The third kappa shape index (κ3) is 4.77. The topological polar surface area (TPSA) is 64.4 Å². The van der Waals surface area contributed by atoms with Crippen molar-refractivity contribution in [2.24, 2.45) is 11.7 Å². The lowest BCUT2D eigenvalue weighted by Crippen LogP contribution is -2.34. The predicted octanol–water partition coefficient (Wildman–Crippen LogP) is 2.56. The summed E-state index contributed by atoms with van der Waals surface area (Å²) in [5.74, 6) is -0.234. The monoisotopic (exact) mass is 286 g/mol. The second-order valence-corrected chi connectivity index (χ2v) is 4.82. The Balaban J connectivity index is 2.77. The standard InChI is InChI=1S/C14H20F2N2O2/c1-8-4-5-11(6-12(8)20-7-13(15)16)18-14(19)9(2)10(3)17/h4-6,9-10,13H,7,17H2,1-3H3,(H,18,19). The van der Waals surface area contributed by atoms with E-state index in [1.165, 1.54) is 6.07 Å². The van der Waals surface area contributed by atoms with Gasteiger partial charge >= 0.3 is 0 Å². The Kier molecular flexibility index (Phi) is 5.88. The van der Waals surface area contributed by atoms with Gasteiger partial charge in [0.05, 0.1) is 5.92 Å². The van der Waals surface area contributed by atoms with E-state index in [1.807, 2.05) is 0 Å². The van der Waals surface area contributed by atoms with Crippen LogP contribution in [0.25, 0.3) is 0 Å². The third-order valence-electron chi connectivity index (χ3n) is 3.02. The van der Waals surface area contributed by atoms with Gasteiger partial charge in [-0.2, -0.15) is 0 Å². The van der Waals surface area contributed by atoms with E-state index in [2.05, 4.69) is 5.32 Å². The zero-order valence-corrected chi connectivity index (χ0v) is 11.8. The SMILES string of the molecule is Cc1ccc(NC(=O)C(C)C(C)N)cc1OCC(F)F. The molecule has 0 heterocycles. The number of benzene rings is 1. The van der Waals surface area contributed by atoms with Crippen molar-refractivity contribution >= 4 is 11.6 Å². The number of hydrogen-bond donors (Lipinski definition) is 2. The quantitative estimate of drug-likeness (QED) is 0.844. The first-order valence-electron chi connectivity index (χ1n) is 6.39. The van der Waals surface area contributed by atoms with E-state index in [1.54, 1.807) is 32.9 Å². The molecule has 0 aliphatic rings. The van der Waals surface area contributed by atoms with E-state index in [-0.39, 0.29) is 17.9 Å². The molecule has 2 atom stereocenters. The molecule has 1 aromatic carbocycles. The average Bonchev–Trinajstić information content (AvgIpc) is 2.38. The van der Waals surface area contributed by atoms with Crippen LogP contribution in [0.3, 0.4) is 0 Å². The number of alkyl halides is 2. The van der Waals surface area contributed by atoms with Gasteiger partial charge < -0.3 is 15.8 Å².